The molecule has 1 aliphatic rings. The third-order valence-corrected chi connectivity index (χ3v) is 1.79. The quantitative estimate of drug-likeness (QED) is 0.609. The van der Waals surface area contributed by atoms with Crippen LogP contribution < -0.4 is 0 Å². The Hall–Kier alpha value is -0.600. The van der Waals surface area contributed by atoms with E-state index in [1.54, 1.807) is 14.2 Å². The van der Waals surface area contributed by atoms with E-state index in [4.69, 9.17) is 9.47 Å². The summed E-state index contributed by atoms with van der Waals surface area (Å²) < 4.78 is 10.1. The van der Waals surface area contributed by atoms with Crippen molar-refractivity contribution >= 4 is 0 Å². The van der Waals surface area contributed by atoms with Gasteiger partial charge in [0.25, 0.3) is 0 Å². The van der Waals surface area contributed by atoms with E-state index in [2.05, 4.69) is 18.2 Å². The fourth-order valence-electron chi connectivity index (χ4n) is 1.22. The Balaban J connectivity index is 2.40. The van der Waals surface area contributed by atoms with E-state index in [1.807, 2.05) is 0 Å². The molecule has 0 aromatic rings. The molecule has 1 aliphatic carbocycles. The molecule has 2 nitrogen and oxygen atoms in total. The lowest BCUT2D eigenvalue weighted by Gasteiger charge is -2.11. The Morgan fingerprint density at radius 1 is 1.36 bits per heavy atom. The van der Waals surface area contributed by atoms with Crippen molar-refractivity contribution in [1.82, 2.24) is 0 Å². The Bertz CT molecular complexity index is 170. The molecule has 0 aromatic carbocycles. The van der Waals surface area contributed by atoms with Crippen molar-refractivity contribution in [3.8, 4) is 0 Å². The summed E-state index contributed by atoms with van der Waals surface area (Å²) in [5.74, 6) is 0.431. The number of hydrogen-bond acceptors (Lipinski definition) is 2. The molecule has 0 spiro atoms. The van der Waals surface area contributed by atoms with Crippen LogP contribution in [0.3, 0.4) is 0 Å². The lowest BCUT2D eigenvalue weighted by atomic mass is 10.1. The topological polar surface area (TPSA) is 18.5 Å². The lowest BCUT2D eigenvalue weighted by Crippen LogP contribution is -2.09. The predicted molar refractivity (Wildman–Crippen MR) is 44.5 cm³/mol. The first-order valence-corrected chi connectivity index (χ1v) is 3.73. The van der Waals surface area contributed by atoms with Crippen molar-refractivity contribution in [3.63, 3.8) is 0 Å². The molecule has 0 fully saturated rings. The van der Waals surface area contributed by atoms with Gasteiger partial charge in [0.2, 0.25) is 0 Å². The number of rotatable bonds is 4. The molecular weight excluding hydrogens is 140 g/mol. The first-order chi connectivity index (χ1) is 5.38. The van der Waals surface area contributed by atoms with E-state index < -0.39 is 0 Å². The van der Waals surface area contributed by atoms with Gasteiger partial charge < -0.3 is 9.47 Å². The summed E-state index contributed by atoms with van der Waals surface area (Å²) in [7, 11) is 3.43. The van der Waals surface area contributed by atoms with E-state index in [9.17, 15) is 0 Å². The van der Waals surface area contributed by atoms with Crippen LogP contribution in [0.4, 0.5) is 0 Å². The molecule has 0 radical (unpaired) electrons. The number of methoxy groups -OCH3 is 2. The highest BCUT2D eigenvalue weighted by atomic mass is 16.5. The highest BCUT2D eigenvalue weighted by Gasteiger charge is 2.13. The molecule has 11 heavy (non-hydrogen) atoms. The average Bonchev–Trinajstić information content (AvgIpc) is 2.39. The minimum atomic E-state index is 0.431. The Morgan fingerprint density at radius 2 is 2.18 bits per heavy atom. The molecule has 0 saturated heterocycles. The van der Waals surface area contributed by atoms with Crippen LogP contribution in [0.5, 0.6) is 0 Å². The number of ether oxygens (including phenoxy) is 2. The maximum atomic E-state index is 5.05. The Labute approximate surface area is 67.5 Å². The van der Waals surface area contributed by atoms with E-state index >= 15 is 0 Å². The molecule has 1 atom stereocenters. The van der Waals surface area contributed by atoms with Crippen molar-refractivity contribution < 1.29 is 9.47 Å². The SMILES string of the molecule is COCC1=CC=CC1COC. The molecule has 0 aromatic heterocycles. The molecule has 0 bridgehead atoms. The number of allylic oxidation sites excluding steroid dienone is 2. The minimum absolute atomic E-state index is 0.431. The van der Waals surface area contributed by atoms with E-state index in [1.165, 1.54) is 5.57 Å². The van der Waals surface area contributed by atoms with Gasteiger partial charge in [-0.25, -0.2) is 0 Å². The molecule has 0 saturated carbocycles. The molecule has 2 heteroatoms. The Morgan fingerprint density at radius 3 is 2.82 bits per heavy atom. The van der Waals surface area contributed by atoms with Crippen LogP contribution in [0, 0.1) is 5.92 Å². The van der Waals surface area contributed by atoms with Gasteiger partial charge in [0, 0.05) is 20.1 Å². The maximum Gasteiger partial charge on any atom is 0.0682 e. The van der Waals surface area contributed by atoms with Crippen LogP contribution in [0.15, 0.2) is 23.8 Å². The smallest absolute Gasteiger partial charge is 0.0682 e. The second kappa shape index (κ2) is 4.31. The molecule has 62 valence electrons. The lowest BCUT2D eigenvalue weighted by molar-refractivity contribution is 0.166. The highest BCUT2D eigenvalue weighted by molar-refractivity contribution is 5.27. The summed E-state index contributed by atoms with van der Waals surface area (Å²) in [6.07, 6.45) is 6.28. The van der Waals surface area contributed by atoms with Crippen molar-refractivity contribution in [2.45, 2.75) is 0 Å². The fourth-order valence-corrected chi connectivity index (χ4v) is 1.22. The molecule has 1 rings (SSSR count). The standard InChI is InChI=1S/C9H14O2/c1-10-6-8-4-3-5-9(8)7-11-2/h3-5,8H,6-7H2,1-2H3. The normalized spacial score (nSPS) is 22.4. The Kier molecular flexibility index (Phi) is 3.33. The summed E-state index contributed by atoms with van der Waals surface area (Å²) in [6, 6.07) is 0. The molecular formula is C9H14O2. The van der Waals surface area contributed by atoms with E-state index in [0.717, 1.165) is 6.61 Å². The summed E-state index contributed by atoms with van der Waals surface area (Å²) in [5.41, 5.74) is 1.30. The largest absolute Gasteiger partial charge is 0.384 e. The highest BCUT2D eigenvalue weighted by Crippen LogP contribution is 2.19. The zero-order valence-corrected chi connectivity index (χ0v) is 7.04. The van der Waals surface area contributed by atoms with Crippen molar-refractivity contribution in [2.75, 3.05) is 27.4 Å². The molecule has 0 aliphatic heterocycles. The van der Waals surface area contributed by atoms with Gasteiger partial charge in [-0.2, -0.15) is 0 Å². The van der Waals surface area contributed by atoms with E-state index in [-0.39, 0.29) is 0 Å². The van der Waals surface area contributed by atoms with Crippen molar-refractivity contribution in [2.24, 2.45) is 5.92 Å². The van der Waals surface area contributed by atoms with Crippen LogP contribution in [-0.2, 0) is 9.47 Å². The third kappa shape index (κ3) is 2.17. The third-order valence-electron chi connectivity index (χ3n) is 1.79. The second-order valence-electron chi connectivity index (χ2n) is 2.62. The van der Waals surface area contributed by atoms with Gasteiger partial charge in [-0.05, 0) is 5.57 Å². The minimum Gasteiger partial charge on any atom is -0.384 e. The number of hydrogen-bond donors (Lipinski definition) is 0. The van der Waals surface area contributed by atoms with Gasteiger partial charge in [-0.15, -0.1) is 0 Å². The maximum absolute atomic E-state index is 5.05. The van der Waals surface area contributed by atoms with E-state index in [0.29, 0.717) is 12.5 Å². The molecule has 0 N–H and O–H groups in total. The zero-order chi connectivity index (χ0) is 8.10. The predicted octanol–water partition coefficient (Wildman–Crippen LogP) is 1.39. The van der Waals surface area contributed by atoms with Gasteiger partial charge in [0.15, 0.2) is 0 Å². The van der Waals surface area contributed by atoms with Gasteiger partial charge in [-0.3, -0.25) is 0 Å². The summed E-state index contributed by atoms with van der Waals surface area (Å²) in [5, 5.41) is 0. The monoisotopic (exact) mass is 154 g/mol. The first kappa shape index (κ1) is 8.50. The fraction of sp³-hybridized carbons (Fsp3) is 0.556. The average molecular weight is 154 g/mol. The van der Waals surface area contributed by atoms with Crippen LogP contribution in [0.25, 0.3) is 0 Å². The zero-order valence-electron chi connectivity index (χ0n) is 7.04. The summed E-state index contributed by atoms with van der Waals surface area (Å²) in [4.78, 5) is 0. The van der Waals surface area contributed by atoms with Gasteiger partial charge in [0.05, 0.1) is 13.2 Å². The molecule has 0 amide bonds. The van der Waals surface area contributed by atoms with Crippen LogP contribution in [-0.4, -0.2) is 27.4 Å². The summed E-state index contributed by atoms with van der Waals surface area (Å²) >= 11 is 0. The second-order valence-corrected chi connectivity index (χ2v) is 2.62. The molecule has 0 heterocycles. The van der Waals surface area contributed by atoms with Gasteiger partial charge in [-0.1, -0.05) is 18.2 Å². The van der Waals surface area contributed by atoms with Crippen LogP contribution >= 0.6 is 0 Å². The van der Waals surface area contributed by atoms with Gasteiger partial charge >= 0.3 is 0 Å². The molecule has 1 unspecified atom stereocenters. The van der Waals surface area contributed by atoms with Crippen molar-refractivity contribution in [3.05, 3.63) is 23.8 Å². The van der Waals surface area contributed by atoms with Crippen LogP contribution in [0.1, 0.15) is 0 Å². The van der Waals surface area contributed by atoms with Crippen LogP contribution in [0.2, 0.25) is 0 Å². The van der Waals surface area contributed by atoms with Gasteiger partial charge in [0.1, 0.15) is 0 Å². The van der Waals surface area contributed by atoms with Crippen molar-refractivity contribution in [1.29, 1.82) is 0 Å². The first-order valence-electron chi connectivity index (χ1n) is 3.73. The summed E-state index contributed by atoms with van der Waals surface area (Å²) in [6.45, 7) is 1.46.